The van der Waals surface area contributed by atoms with Crippen LogP contribution in [0.25, 0.3) is 15.7 Å². The van der Waals surface area contributed by atoms with Crippen LogP contribution in [0.5, 0.6) is 0 Å². The summed E-state index contributed by atoms with van der Waals surface area (Å²) in [4.78, 5) is 17.1. The largest absolute Gasteiger partial charge is 0.349 e. The Morgan fingerprint density at radius 2 is 2.08 bits per heavy atom. The van der Waals surface area contributed by atoms with Gasteiger partial charge in [0.1, 0.15) is 0 Å². The lowest BCUT2D eigenvalue weighted by Gasteiger charge is -2.11. The Balaban J connectivity index is 1.49. The molecule has 0 aliphatic heterocycles. The number of hydrogen-bond acceptors (Lipinski definition) is 4. The first-order valence-electron chi connectivity index (χ1n) is 7.78. The summed E-state index contributed by atoms with van der Waals surface area (Å²) in [6, 6.07) is 13.8. The standard InChI is InChI=1S/C18H16N4OS/c1-12(10-17-21-14-6-2-3-8-16(14)24-17)20-18(23)13-11-19-22-9-5-4-7-15(13)22/h2-9,11-12H,10H2,1H3,(H,20,23)/t12-/m1/s1. The predicted octanol–water partition coefficient (Wildman–Crippen LogP) is 3.31. The third kappa shape index (κ3) is 2.76. The molecular formula is C18H16N4OS. The molecule has 120 valence electrons. The number of aromatic nitrogens is 3. The topological polar surface area (TPSA) is 59.3 Å². The van der Waals surface area contributed by atoms with Crippen molar-refractivity contribution in [2.24, 2.45) is 0 Å². The molecule has 0 aliphatic carbocycles. The van der Waals surface area contributed by atoms with Crippen LogP contribution in [0.4, 0.5) is 0 Å². The summed E-state index contributed by atoms with van der Waals surface area (Å²) < 4.78 is 2.88. The number of carbonyl (C=O) groups excluding carboxylic acids is 1. The van der Waals surface area contributed by atoms with Gasteiger partial charge in [0.05, 0.1) is 32.5 Å². The van der Waals surface area contributed by atoms with Gasteiger partial charge in [-0.15, -0.1) is 11.3 Å². The van der Waals surface area contributed by atoms with E-state index < -0.39 is 0 Å². The number of nitrogens with one attached hydrogen (secondary N) is 1. The molecule has 0 saturated heterocycles. The van der Waals surface area contributed by atoms with Crippen LogP contribution in [0, 0.1) is 0 Å². The molecule has 3 aromatic heterocycles. The van der Waals surface area contributed by atoms with E-state index in [-0.39, 0.29) is 11.9 Å². The van der Waals surface area contributed by atoms with Crippen LogP contribution < -0.4 is 5.32 Å². The molecule has 5 nitrogen and oxygen atoms in total. The average molecular weight is 336 g/mol. The van der Waals surface area contributed by atoms with Crippen LogP contribution in [0.1, 0.15) is 22.3 Å². The molecule has 0 fully saturated rings. The Morgan fingerprint density at radius 3 is 2.96 bits per heavy atom. The third-order valence-electron chi connectivity index (χ3n) is 3.87. The first-order valence-corrected chi connectivity index (χ1v) is 8.60. The van der Waals surface area contributed by atoms with E-state index >= 15 is 0 Å². The molecule has 3 heterocycles. The van der Waals surface area contributed by atoms with Gasteiger partial charge in [-0.1, -0.05) is 18.2 Å². The summed E-state index contributed by atoms with van der Waals surface area (Å²) >= 11 is 1.67. The van der Waals surface area contributed by atoms with Gasteiger partial charge < -0.3 is 5.32 Å². The van der Waals surface area contributed by atoms with Crippen molar-refractivity contribution in [3.8, 4) is 0 Å². The lowest BCUT2D eigenvalue weighted by Crippen LogP contribution is -2.34. The molecule has 0 unspecified atom stereocenters. The molecular weight excluding hydrogens is 320 g/mol. The second kappa shape index (κ2) is 6.05. The third-order valence-corrected chi connectivity index (χ3v) is 4.93. The van der Waals surface area contributed by atoms with Gasteiger partial charge in [0.2, 0.25) is 0 Å². The average Bonchev–Trinajstić information content (AvgIpc) is 3.17. The van der Waals surface area contributed by atoms with E-state index in [2.05, 4.69) is 21.5 Å². The zero-order valence-electron chi connectivity index (χ0n) is 13.1. The first kappa shape index (κ1) is 14.8. The van der Waals surface area contributed by atoms with E-state index in [9.17, 15) is 4.79 Å². The van der Waals surface area contributed by atoms with Crippen LogP contribution in [-0.2, 0) is 6.42 Å². The van der Waals surface area contributed by atoms with Gasteiger partial charge in [0, 0.05) is 18.7 Å². The van der Waals surface area contributed by atoms with Crippen molar-refractivity contribution in [1.82, 2.24) is 19.9 Å². The fourth-order valence-corrected chi connectivity index (χ4v) is 3.83. The van der Waals surface area contributed by atoms with Crippen molar-refractivity contribution >= 4 is 33.0 Å². The maximum atomic E-state index is 12.5. The fraction of sp³-hybridized carbons (Fsp3) is 0.167. The highest BCUT2D eigenvalue weighted by molar-refractivity contribution is 7.18. The number of rotatable bonds is 4. The highest BCUT2D eigenvalue weighted by Gasteiger charge is 2.16. The van der Waals surface area contributed by atoms with Crippen molar-refractivity contribution in [1.29, 1.82) is 0 Å². The molecule has 6 heteroatoms. The van der Waals surface area contributed by atoms with Gasteiger partial charge in [0.25, 0.3) is 5.91 Å². The highest BCUT2D eigenvalue weighted by Crippen LogP contribution is 2.22. The number of nitrogens with zero attached hydrogens (tertiary/aromatic N) is 3. The molecule has 1 aromatic carbocycles. The van der Waals surface area contributed by atoms with Crippen LogP contribution in [0.2, 0.25) is 0 Å². The number of pyridine rings is 1. The second-order valence-corrected chi connectivity index (χ2v) is 6.86. The van der Waals surface area contributed by atoms with Crippen LogP contribution in [-0.4, -0.2) is 26.5 Å². The summed E-state index contributed by atoms with van der Waals surface area (Å²) in [7, 11) is 0. The van der Waals surface area contributed by atoms with E-state index in [1.165, 1.54) is 4.70 Å². The van der Waals surface area contributed by atoms with Gasteiger partial charge in [0.15, 0.2) is 0 Å². The molecule has 0 saturated carbocycles. The van der Waals surface area contributed by atoms with E-state index in [4.69, 9.17) is 0 Å². The minimum absolute atomic E-state index is 0.00303. The van der Waals surface area contributed by atoms with E-state index in [1.807, 2.05) is 49.5 Å². The Bertz CT molecular complexity index is 987. The van der Waals surface area contributed by atoms with Crippen LogP contribution in [0.3, 0.4) is 0 Å². The van der Waals surface area contributed by atoms with Gasteiger partial charge >= 0.3 is 0 Å². The Kier molecular flexibility index (Phi) is 3.74. The summed E-state index contributed by atoms with van der Waals surface area (Å²) in [5, 5.41) is 8.28. The number of benzene rings is 1. The van der Waals surface area contributed by atoms with Crippen LogP contribution in [0.15, 0.2) is 54.9 Å². The quantitative estimate of drug-likeness (QED) is 0.622. The van der Waals surface area contributed by atoms with Crippen molar-refractivity contribution in [3.05, 3.63) is 65.4 Å². The minimum Gasteiger partial charge on any atom is -0.349 e. The van der Waals surface area contributed by atoms with Gasteiger partial charge in [-0.2, -0.15) is 5.10 Å². The van der Waals surface area contributed by atoms with Crippen molar-refractivity contribution in [3.63, 3.8) is 0 Å². The second-order valence-electron chi connectivity index (χ2n) is 5.74. The van der Waals surface area contributed by atoms with Crippen molar-refractivity contribution < 1.29 is 4.79 Å². The van der Waals surface area contributed by atoms with E-state index in [0.717, 1.165) is 16.0 Å². The Hall–Kier alpha value is -2.73. The molecule has 4 aromatic rings. The lowest BCUT2D eigenvalue weighted by atomic mass is 10.2. The number of thiazole rings is 1. The van der Waals surface area contributed by atoms with Gasteiger partial charge in [-0.05, 0) is 31.2 Å². The maximum Gasteiger partial charge on any atom is 0.255 e. The molecule has 1 N–H and O–H groups in total. The number of amides is 1. The maximum absolute atomic E-state index is 12.5. The zero-order chi connectivity index (χ0) is 16.5. The smallest absolute Gasteiger partial charge is 0.255 e. The van der Waals surface area contributed by atoms with Gasteiger partial charge in [-0.3, -0.25) is 4.79 Å². The molecule has 0 radical (unpaired) electrons. The highest BCUT2D eigenvalue weighted by atomic mass is 32.1. The van der Waals surface area contributed by atoms with Crippen LogP contribution >= 0.6 is 11.3 Å². The predicted molar refractivity (Wildman–Crippen MR) is 95.4 cm³/mol. The van der Waals surface area contributed by atoms with E-state index in [0.29, 0.717) is 12.0 Å². The summed E-state index contributed by atoms with van der Waals surface area (Å²) in [5.41, 5.74) is 2.41. The summed E-state index contributed by atoms with van der Waals surface area (Å²) in [6.07, 6.45) is 4.15. The molecule has 0 bridgehead atoms. The summed E-state index contributed by atoms with van der Waals surface area (Å²) in [5.74, 6) is -0.107. The lowest BCUT2D eigenvalue weighted by molar-refractivity contribution is 0.0942. The zero-order valence-corrected chi connectivity index (χ0v) is 14.0. The molecule has 4 rings (SSSR count). The number of para-hydroxylation sites is 1. The number of carbonyl (C=O) groups is 1. The number of hydrogen-bond donors (Lipinski definition) is 1. The normalized spacial score (nSPS) is 12.5. The Labute approximate surface area is 143 Å². The summed E-state index contributed by atoms with van der Waals surface area (Å²) in [6.45, 7) is 2.00. The fourth-order valence-electron chi connectivity index (χ4n) is 2.73. The first-order chi connectivity index (χ1) is 11.7. The minimum atomic E-state index is -0.107. The molecule has 0 spiro atoms. The Morgan fingerprint density at radius 1 is 1.25 bits per heavy atom. The molecule has 24 heavy (non-hydrogen) atoms. The SMILES string of the molecule is C[C@H](Cc1nc2ccccc2s1)NC(=O)c1cnn2ccccc12. The number of fused-ring (bicyclic) bond motifs is 2. The molecule has 1 amide bonds. The van der Waals surface area contributed by atoms with Crippen molar-refractivity contribution in [2.75, 3.05) is 0 Å². The van der Waals surface area contributed by atoms with Gasteiger partial charge in [-0.25, -0.2) is 9.50 Å². The monoisotopic (exact) mass is 336 g/mol. The van der Waals surface area contributed by atoms with Crippen molar-refractivity contribution in [2.45, 2.75) is 19.4 Å². The van der Waals surface area contributed by atoms with E-state index in [1.54, 1.807) is 22.0 Å². The molecule has 0 aliphatic rings. The molecule has 1 atom stereocenters.